The number of fused-ring (bicyclic) bond motifs is 2. The summed E-state index contributed by atoms with van der Waals surface area (Å²) < 4.78 is 6.84. The van der Waals surface area contributed by atoms with Crippen LogP contribution in [0.5, 0.6) is 5.75 Å². The lowest BCUT2D eigenvalue weighted by atomic mass is 10.1. The number of nitrogens with one attached hydrogen (secondary N) is 1. The monoisotopic (exact) mass is 380 g/mol. The Hall–Kier alpha value is -2.86. The number of rotatable bonds is 5. The lowest BCUT2D eigenvalue weighted by molar-refractivity contribution is -0.125. The SMILES string of the molecule is CC1Oc2ccccc2N(CCC(=O)NCc2csc3ccccc23)C1=O. The van der Waals surface area contributed by atoms with Gasteiger partial charge < -0.3 is 15.0 Å². The van der Waals surface area contributed by atoms with Crippen molar-refractivity contribution in [2.75, 3.05) is 11.4 Å². The Balaban J connectivity index is 1.38. The molecule has 4 rings (SSSR count). The predicted octanol–water partition coefficient (Wildman–Crippen LogP) is 3.72. The fourth-order valence-electron chi connectivity index (χ4n) is 3.25. The van der Waals surface area contributed by atoms with Gasteiger partial charge in [-0.1, -0.05) is 30.3 Å². The van der Waals surface area contributed by atoms with Gasteiger partial charge in [0.25, 0.3) is 5.91 Å². The average Bonchev–Trinajstić information content (AvgIpc) is 3.10. The fourth-order valence-corrected chi connectivity index (χ4v) is 4.22. The zero-order chi connectivity index (χ0) is 18.8. The molecule has 6 heteroatoms. The molecule has 2 heterocycles. The van der Waals surface area contributed by atoms with Crippen molar-refractivity contribution in [2.45, 2.75) is 26.0 Å². The topological polar surface area (TPSA) is 58.6 Å². The van der Waals surface area contributed by atoms with E-state index in [4.69, 9.17) is 4.74 Å². The van der Waals surface area contributed by atoms with Crippen LogP contribution in [0.1, 0.15) is 18.9 Å². The predicted molar refractivity (Wildman–Crippen MR) is 107 cm³/mol. The summed E-state index contributed by atoms with van der Waals surface area (Å²) in [6.07, 6.45) is -0.297. The third kappa shape index (κ3) is 3.53. The number of amides is 2. The Kier molecular flexibility index (Phi) is 4.81. The van der Waals surface area contributed by atoms with Crippen LogP contribution in [0.15, 0.2) is 53.9 Å². The quantitative estimate of drug-likeness (QED) is 0.734. The number of thiophene rings is 1. The molecule has 0 aliphatic carbocycles. The summed E-state index contributed by atoms with van der Waals surface area (Å²) >= 11 is 1.68. The van der Waals surface area contributed by atoms with E-state index in [9.17, 15) is 9.59 Å². The molecule has 1 aromatic heterocycles. The number of benzene rings is 2. The first-order chi connectivity index (χ1) is 13.1. The minimum absolute atomic E-state index is 0.0743. The van der Waals surface area contributed by atoms with E-state index in [0.717, 1.165) is 11.3 Å². The van der Waals surface area contributed by atoms with E-state index in [2.05, 4.69) is 22.8 Å². The third-order valence-electron chi connectivity index (χ3n) is 4.67. The number of ether oxygens (including phenoxy) is 1. The van der Waals surface area contributed by atoms with Crippen LogP contribution in [0.3, 0.4) is 0 Å². The van der Waals surface area contributed by atoms with Gasteiger partial charge in [-0.15, -0.1) is 11.3 Å². The Labute approximate surface area is 161 Å². The van der Waals surface area contributed by atoms with E-state index in [1.807, 2.05) is 36.4 Å². The van der Waals surface area contributed by atoms with Gasteiger partial charge in [0, 0.05) is 24.2 Å². The molecule has 5 nitrogen and oxygen atoms in total. The van der Waals surface area contributed by atoms with Crippen LogP contribution >= 0.6 is 11.3 Å². The molecule has 0 bridgehead atoms. The summed E-state index contributed by atoms with van der Waals surface area (Å²) in [4.78, 5) is 26.4. The van der Waals surface area contributed by atoms with E-state index in [0.29, 0.717) is 18.8 Å². The highest BCUT2D eigenvalue weighted by molar-refractivity contribution is 7.17. The number of anilines is 1. The van der Waals surface area contributed by atoms with Gasteiger partial charge >= 0.3 is 0 Å². The second kappa shape index (κ2) is 7.40. The normalized spacial score (nSPS) is 16.1. The van der Waals surface area contributed by atoms with Gasteiger partial charge in [0.15, 0.2) is 6.10 Å². The lowest BCUT2D eigenvalue weighted by Crippen LogP contribution is -2.45. The fraction of sp³-hybridized carbons (Fsp3) is 0.238. The van der Waals surface area contributed by atoms with Gasteiger partial charge in [0.2, 0.25) is 5.91 Å². The standard InChI is InChI=1S/C21H20N2O3S/c1-14-21(25)23(17-7-3-4-8-18(17)26-14)11-10-20(24)22-12-15-13-27-19-9-5-2-6-16(15)19/h2-9,13-14H,10-12H2,1H3,(H,22,24). The summed E-state index contributed by atoms with van der Waals surface area (Å²) in [5, 5.41) is 6.22. The average molecular weight is 380 g/mol. The Morgan fingerprint density at radius 2 is 1.96 bits per heavy atom. The van der Waals surface area contributed by atoms with Gasteiger partial charge in [-0.2, -0.15) is 0 Å². The molecule has 3 aromatic rings. The minimum Gasteiger partial charge on any atom is -0.479 e. The Morgan fingerprint density at radius 1 is 1.19 bits per heavy atom. The maximum absolute atomic E-state index is 12.5. The summed E-state index contributed by atoms with van der Waals surface area (Å²) in [7, 11) is 0. The maximum atomic E-state index is 12.5. The van der Waals surface area contributed by atoms with Crippen LogP contribution in [-0.4, -0.2) is 24.5 Å². The van der Waals surface area contributed by atoms with Crippen LogP contribution in [0, 0.1) is 0 Å². The smallest absolute Gasteiger partial charge is 0.267 e. The van der Waals surface area contributed by atoms with Crippen molar-refractivity contribution >= 4 is 38.9 Å². The second-order valence-electron chi connectivity index (χ2n) is 6.50. The number of hydrogen-bond acceptors (Lipinski definition) is 4. The van der Waals surface area contributed by atoms with E-state index in [-0.39, 0.29) is 18.2 Å². The van der Waals surface area contributed by atoms with Crippen molar-refractivity contribution in [2.24, 2.45) is 0 Å². The van der Waals surface area contributed by atoms with E-state index < -0.39 is 6.10 Å². The van der Waals surface area contributed by atoms with E-state index in [1.54, 1.807) is 23.2 Å². The molecule has 0 saturated heterocycles. The van der Waals surface area contributed by atoms with Crippen molar-refractivity contribution in [1.29, 1.82) is 0 Å². The molecular formula is C21H20N2O3S. The third-order valence-corrected chi connectivity index (χ3v) is 5.69. The van der Waals surface area contributed by atoms with Gasteiger partial charge in [-0.05, 0) is 41.5 Å². The molecule has 2 aromatic carbocycles. The molecule has 1 N–H and O–H groups in total. The molecule has 0 radical (unpaired) electrons. The van der Waals surface area contributed by atoms with Crippen LogP contribution in [0.2, 0.25) is 0 Å². The largest absolute Gasteiger partial charge is 0.479 e. The molecule has 0 spiro atoms. The van der Waals surface area contributed by atoms with Gasteiger partial charge in [-0.25, -0.2) is 0 Å². The molecule has 1 atom stereocenters. The first kappa shape index (κ1) is 17.5. The molecule has 27 heavy (non-hydrogen) atoms. The van der Waals surface area contributed by atoms with Crippen molar-refractivity contribution in [3.63, 3.8) is 0 Å². The van der Waals surface area contributed by atoms with Gasteiger partial charge in [-0.3, -0.25) is 9.59 Å². The Bertz CT molecular complexity index is 998. The van der Waals surface area contributed by atoms with E-state index >= 15 is 0 Å². The number of para-hydroxylation sites is 2. The summed E-state index contributed by atoms with van der Waals surface area (Å²) in [6, 6.07) is 15.6. The van der Waals surface area contributed by atoms with Crippen LogP contribution < -0.4 is 15.0 Å². The van der Waals surface area contributed by atoms with Crippen molar-refractivity contribution in [1.82, 2.24) is 5.32 Å². The molecule has 0 saturated carbocycles. The molecule has 1 unspecified atom stereocenters. The Morgan fingerprint density at radius 3 is 2.85 bits per heavy atom. The highest BCUT2D eigenvalue weighted by Crippen LogP contribution is 2.33. The highest BCUT2D eigenvalue weighted by atomic mass is 32.1. The molecule has 2 amide bonds. The maximum Gasteiger partial charge on any atom is 0.267 e. The number of carbonyl (C=O) groups is 2. The first-order valence-corrected chi connectivity index (χ1v) is 9.80. The van der Waals surface area contributed by atoms with Crippen molar-refractivity contribution < 1.29 is 14.3 Å². The van der Waals surface area contributed by atoms with Crippen LogP contribution in [0.4, 0.5) is 5.69 Å². The molecule has 0 fully saturated rings. The number of hydrogen-bond donors (Lipinski definition) is 1. The first-order valence-electron chi connectivity index (χ1n) is 8.92. The number of carbonyl (C=O) groups excluding carboxylic acids is 2. The van der Waals surface area contributed by atoms with Crippen molar-refractivity contribution in [3.05, 3.63) is 59.5 Å². The van der Waals surface area contributed by atoms with Gasteiger partial charge in [0.05, 0.1) is 5.69 Å². The number of nitrogens with zero attached hydrogens (tertiary/aromatic N) is 1. The summed E-state index contributed by atoms with van der Waals surface area (Å²) in [6.45, 7) is 2.56. The minimum atomic E-state index is -0.542. The summed E-state index contributed by atoms with van der Waals surface area (Å²) in [5.41, 5.74) is 1.84. The highest BCUT2D eigenvalue weighted by Gasteiger charge is 2.31. The lowest BCUT2D eigenvalue weighted by Gasteiger charge is -2.32. The van der Waals surface area contributed by atoms with Crippen molar-refractivity contribution in [3.8, 4) is 5.75 Å². The van der Waals surface area contributed by atoms with Gasteiger partial charge in [0.1, 0.15) is 5.75 Å². The second-order valence-corrected chi connectivity index (χ2v) is 7.41. The molecule has 1 aliphatic heterocycles. The summed E-state index contributed by atoms with van der Waals surface area (Å²) in [5.74, 6) is 0.481. The zero-order valence-electron chi connectivity index (χ0n) is 15.0. The van der Waals surface area contributed by atoms with Crippen LogP contribution in [0.25, 0.3) is 10.1 Å². The van der Waals surface area contributed by atoms with Crippen LogP contribution in [-0.2, 0) is 16.1 Å². The van der Waals surface area contributed by atoms with E-state index in [1.165, 1.54) is 10.1 Å². The zero-order valence-corrected chi connectivity index (χ0v) is 15.8. The molecular weight excluding hydrogens is 360 g/mol. The molecule has 138 valence electrons. The molecule has 1 aliphatic rings.